The Morgan fingerprint density at radius 2 is 1.94 bits per heavy atom. The van der Waals surface area contributed by atoms with E-state index in [1.54, 1.807) is 0 Å². The lowest BCUT2D eigenvalue weighted by Crippen LogP contribution is -2.55. The van der Waals surface area contributed by atoms with Gasteiger partial charge in [-0.1, -0.05) is 6.92 Å². The van der Waals surface area contributed by atoms with E-state index >= 15 is 0 Å². The first-order valence-corrected chi connectivity index (χ1v) is 12.1. The number of hydrogen-bond acceptors (Lipinski definition) is 5. The molecule has 31 heavy (non-hydrogen) atoms. The summed E-state index contributed by atoms with van der Waals surface area (Å²) in [5.41, 5.74) is 0. The molecule has 0 bridgehead atoms. The smallest absolute Gasteiger partial charge is 0.237 e. The van der Waals surface area contributed by atoms with Gasteiger partial charge >= 0.3 is 0 Å². The van der Waals surface area contributed by atoms with Gasteiger partial charge in [0.1, 0.15) is 12.0 Å². The molecule has 172 valence electrons. The summed E-state index contributed by atoms with van der Waals surface area (Å²) in [4.78, 5) is 21.5. The number of carbonyl (C=O) groups excluding carboxylic acids is 1. The van der Waals surface area contributed by atoms with Gasteiger partial charge in [-0.25, -0.2) is 4.39 Å². The van der Waals surface area contributed by atoms with E-state index in [-0.39, 0.29) is 30.0 Å². The number of piperazine rings is 1. The van der Waals surface area contributed by atoms with Crippen LogP contribution < -0.4 is 10.6 Å². The third-order valence-corrected chi connectivity index (χ3v) is 8.15. The summed E-state index contributed by atoms with van der Waals surface area (Å²) in [5, 5.41) is 15.5. The highest BCUT2D eigenvalue weighted by Gasteiger charge is 2.46. The minimum Gasteiger partial charge on any atom is -0.357 e. The number of aliphatic imine (C=N–C) groups is 1. The van der Waals surface area contributed by atoms with E-state index in [2.05, 4.69) is 32.3 Å². The van der Waals surface area contributed by atoms with Gasteiger partial charge in [-0.15, -0.1) is 0 Å². The minimum absolute atomic E-state index is 0.0112. The van der Waals surface area contributed by atoms with Gasteiger partial charge in [-0.2, -0.15) is 10.3 Å². The van der Waals surface area contributed by atoms with Crippen molar-refractivity contribution in [2.24, 2.45) is 16.8 Å². The molecule has 0 radical (unpaired) electrons. The molecule has 5 unspecified atom stereocenters. The van der Waals surface area contributed by atoms with Crippen LogP contribution in [0.15, 0.2) is 4.99 Å². The lowest BCUT2D eigenvalue weighted by molar-refractivity contribution is -0.124. The summed E-state index contributed by atoms with van der Waals surface area (Å²) in [7, 11) is 0. The summed E-state index contributed by atoms with van der Waals surface area (Å²) in [6.07, 6.45) is 7.58. The maximum atomic E-state index is 14.4. The van der Waals surface area contributed by atoms with Gasteiger partial charge in [0.15, 0.2) is 0 Å². The molecule has 2 saturated carbocycles. The van der Waals surface area contributed by atoms with Crippen molar-refractivity contribution >= 4 is 11.7 Å². The number of carbonyl (C=O) groups is 1. The average molecular weight is 433 g/mol. The number of amides is 1. The first kappa shape index (κ1) is 22.5. The van der Waals surface area contributed by atoms with Crippen molar-refractivity contribution in [2.45, 2.75) is 89.1 Å². The van der Waals surface area contributed by atoms with Gasteiger partial charge in [0, 0.05) is 50.2 Å². The van der Waals surface area contributed by atoms with E-state index in [0.717, 1.165) is 57.7 Å². The summed E-state index contributed by atoms with van der Waals surface area (Å²) in [6.45, 7) is 7.78. The zero-order chi connectivity index (χ0) is 22.0. The predicted octanol–water partition coefficient (Wildman–Crippen LogP) is 2.05. The molecule has 4 rings (SSSR count). The van der Waals surface area contributed by atoms with Crippen molar-refractivity contribution in [1.29, 1.82) is 5.26 Å². The third-order valence-electron chi connectivity index (χ3n) is 8.15. The van der Waals surface area contributed by atoms with Crippen molar-refractivity contribution in [2.75, 3.05) is 26.2 Å². The van der Waals surface area contributed by atoms with Crippen LogP contribution in [0.4, 0.5) is 4.39 Å². The minimum atomic E-state index is -0.772. The number of fused-ring (bicyclic) bond motifs is 1. The van der Waals surface area contributed by atoms with Gasteiger partial charge in [0.05, 0.1) is 6.04 Å². The number of halogens is 1. The molecule has 0 aromatic carbocycles. The second-order valence-electron chi connectivity index (χ2n) is 10.0. The monoisotopic (exact) mass is 432 g/mol. The summed E-state index contributed by atoms with van der Waals surface area (Å²) < 4.78 is 14.4. The van der Waals surface area contributed by atoms with Gasteiger partial charge in [-0.05, 0) is 57.8 Å². The van der Waals surface area contributed by atoms with E-state index in [9.17, 15) is 9.18 Å². The Morgan fingerprint density at radius 1 is 1.16 bits per heavy atom. The molecule has 2 N–H and O–H groups in total. The first-order chi connectivity index (χ1) is 15.0. The second-order valence-corrected chi connectivity index (χ2v) is 10.0. The van der Waals surface area contributed by atoms with Crippen LogP contribution in [-0.4, -0.2) is 78.1 Å². The van der Waals surface area contributed by atoms with E-state index < -0.39 is 6.17 Å². The third kappa shape index (κ3) is 5.04. The molecule has 2 heterocycles. The van der Waals surface area contributed by atoms with Gasteiger partial charge in [0.2, 0.25) is 12.1 Å². The van der Waals surface area contributed by atoms with Crippen molar-refractivity contribution in [1.82, 2.24) is 20.4 Å². The van der Waals surface area contributed by atoms with Crippen LogP contribution >= 0.6 is 0 Å². The average Bonchev–Trinajstić information content (AvgIpc) is 3.24. The molecule has 7 atom stereocenters. The van der Waals surface area contributed by atoms with Crippen LogP contribution in [0, 0.1) is 23.3 Å². The lowest BCUT2D eigenvalue weighted by Gasteiger charge is -2.43. The molecule has 1 amide bonds. The fraction of sp³-hybridized carbons (Fsp3) is 0.870. The molecule has 2 aliphatic carbocycles. The molecular weight excluding hydrogens is 395 g/mol. The second kappa shape index (κ2) is 9.83. The molecule has 0 aromatic rings. The molecule has 0 aromatic heterocycles. The maximum absolute atomic E-state index is 14.4. The summed E-state index contributed by atoms with van der Waals surface area (Å²) >= 11 is 0. The molecule has 4 fully saturated rings. The first-order valence-electron chi connectivity index (χ1n) is 12.1. The standard InChI is InChI=1S/C23H37FN6O/c1-15-6-7-20(24)19-13-21(28-22(15)19)23(31)27-17-4-3-5-18(12-17)30-10-8-29(9-11-30)16(2)26-14-25/h15,17-22,28H,3-13H2,1-2H3,(H,27,31)/t15?,17-,18-,19?,20?,21?,22?/m1/s1. The molecule has 4 aliphatic rings. The molecule has 2 aliphatic heterocycles. The molecule has 2 saturated heterocycles. The Morgan fingerprint density at radius 3 is 2.65 bits per heavy atom. The number of rotatable bonds is 3. The molecular formula is C23H37FN6O. The summed E-state index contributed by atoms with van der Waals surface area (Å²) in [5.74, 6) is 1.29. The van der Waals surface area contributed by atoms with Crippen molar-refractivity contribution in [3.63, 3.8) is 0 Å². The number of amidine groups is 1. The molecule has 0 spiro atoms. The maximum Gasteiger partial charge on any atom is 0.237 e. The Labute approximate surface area is 185 Å². The molecule has 8 heteroatoms. The van der Waals surface area contributed by atoms with E-state index in [0.29, 0.717) is 24.8 Å². The number of nitrogens with one attached hydrogen (secondary N) is 2. The SMILES string of the molecule is CC(=NC#N)N1CCN([C@@H]2CCC[C@@H](NC(=O)C3CC4C(F)CCC(C)C4N3)C2)CC1. The van der Waals surface area contributed by atoms with E-state index in [1.807, 2.05) is 13.1 Å². The van der Waals surface area contributed by atoms with Crippen molar-refractivity contribution in [3.8, 4) is 6.19 Å². The number of nitrogens with zero attached hydrogens (tertiary/aromatic N) is 4. The van der Waals surface area contributed by atoms with Gasteiger partial charge < -0.3 is 15.5 Å². The van der Waals surface area contributed by atoms with Crippen LogP contribution in [-0.2, 0) is 4.79 Å². The zero-order valence-electron chi connectivity index (χ0n) is 18.9. The van der Waals surface area contributed by atoms with Crippen molar-refractivity contribution in [3.05, 3.63) is 0 Å². The van der Waals surface area contributed by atoms with Crippen LogP contribution in [0.2, 0.25) is 0 Å². The van der Waals surface area contributed by atoms with E-state index in [4.69, 9.17) is 5.26 Å². The number of alkyl halides is 1. The largest absolute Gasteiger partial charge is 0.357 e. The molecule has 7 nitrogen and oxygen atoms in total. The number of hydrogen-bond donors (Lipinski definition) is 2. The van der Waals surface area contributed by atoms with Gasteiger partial charge in [-0.3, -0.25) is 9.69 Å². The highest BCUT2D eigenvalue weighted by atomic mass is 19.1. The van der Waals surface area contributed by atoms with E-state index in [1.165, 1.54) is 6.42 Å². The Balaban J connectivity index is 1.26. The summed E-state index contributed by atoms with van der Waals surface area (Å²) in [6, 6.07) is 0.584. The van der Waals surface area contributed by atoms with Crippen LogP contribution in [0.5, 0.6) is 0 Å². The lowest BCUT2D eigenvalue weighted by atomic mass is 9.77. The fourth-order valence-electron chi connectivity index (χ4n) is 6.28. The Kier molecular flexibility index (Phi) is 7.12. The fourth-order valence-corrected chi connectivity index (χ4v) is 6.28. The van der Waals surface area contributed by atoms with Crippen molar-refractivity contribution < 1.29 is 9.18 Å². The zero-order valence-corrected chi connectivity index (χ0v) is 18.9. The van der Waals surface area contributed by atoms with Crippen LogP contribution in [0.3, 0.4) is 0 Å². The quantitative estimate of drug-likeness (QED) is 0.405. The topological polar surface area (TPSA) is 83.8 Å². The Bertz CT molecular complexity index is 697. The normalized spacial score (nSPS) is 39.6. The van der Waals surface area contributed by atoms with Crippen LogP contribution in [0.1, 0.15) is 58.8 Å². The van der Waals surface area contributed by atoms with Crippen LogP contribution in [0.25, 0.3) is 0 Å². The number of nitriles is 1. The Hall–Kier alpha value is -1.72. The highest BCUT2D eigenvalue weighted by Crippen LogP contribution is 2.38. The van der Waals surface area contributed by atoms with Gasteiger partial charge in [0.25, 0.3) is 0 Å². The highest BCUT2D eigenvalue weighted by molar-refractivity contribution is 5.82. The predicted molar refractivity (Wildman–Crippen MR) is 118 cm³/mol.